The van der Waals surface area contributed by atoms with Gasteiger partial charge in [0.05, 0.1) is 0 Å². The Bertz CT molecular complexity index is 1130. The summed E-state index contributed by atoms with van der Waals surface area (Å²) < 4.78 is 5.32. The summed E-state index contributed by atoms with van der Waals surface area (Å²) in [5.74, 6) is -2.04. The maximum Gasteiger partial charge on any atom is 0.408 e. The number of carbonyl (C=O) groups is 5. The Kier molecular flexibility index (Phi) is 15.8. The molecule has 1 aromatic rings. The molecule has 0 saturated carbocycles. The van der Waals surface area contributed by atoms with Crippen molar-refractivity contribution < 1.29 is 33.8 Å². The average Bonchev–Trinajstić information content (AvgIpc) is 2.91. The number of primary amides is 1. The minimum atomic E-state index is -0.939. The largest absolute Gasteiger partial charge is 0.480 e. The van der Waals surface area contributed by atoms with Crippen molar-refractivity contribution in [1.29, 1.82) is 0 Å². The van der Waals surface area contributed by atoms with Crippen molar-refractivity contribution in [3.8, 4) is 0 Å². The first-order chi connectivity index (χ1) is 20.8. The molecular weight excluding hydrogens is 580 g/mol. The summed E-state index contributed by atoms with van der Waals surface area (Å²) in [6.07, 6.45) is 1.24. The van der Waals surface area contributed by atoms with Crippen LogP contribution in [0.15, 0.2) is 24.3 Å². The van der Waals surface area contributed by atoms with Crippen LogP contribution >= 0.6 is 0 Å². The summed E-state index contributed by atoms with van der Waals surface area (Å²) in [5.41, 5.74) is 5.99. The van der Waals surface area contributed by atoms with Gasteiger partial charge >= 0.3 is 18.1 Å². The highest BCUT2D eigenvalue weighted by molar-refractivity contribution is 5.99. The van der Waals surface area contributed by atoms with Crippen LogP contribution in [-0.4, -0.2) is 90.8 Å². The van der Waals surface area contributed by atoms with E-state index in [0.717, 1.165) is 5.56 Å². The molecule has 45 heavy (non-hydrogen) atoms. The summed E-state index contributed by atoms with van der Waals surface area (Å²) >= 11 is 0. The minimum absolute atomic E-state index is 0.0358. The highest BCUT2D eigenvalue weighted by Crippen LogP contribution is 2.18. The first-order valence-corrected chi connectivity index (χ1v) is 15.5. The summed E-state index contributed by atoms with van der Waals surface area (Å²) in [5, 5.41) is 17.5. The number of likely N-dealkylation sites (N-methyl/N-ethyl adjacent to an activating group) is 2. The van der Waals surface area contributed by atoms with E-state index in [2.05, 4.69) is 16.0 Å². The fourth-order valence-corrected chi connectivity index (χ4v) is 4.85. The number of nitrogens with zero attached hydrogens (tertiary/aromatic N) is 2. The van der Waals surface area contributed by atoms with Crippen molar-refractivity contribution in [2.75, 3.05) is 32.1 Å². The van der Waals surface area contributed by atoms with Crippen molar-refractivity contribution in [2.24, 2.45) is 17.6 Å². The number of urea groups is 1. The van der Waals surface area contributed by atoms with E-state index < -0.39 is 47.7 Å². The zero-order valence-electron chi connectivity index (χ0n) is 28.3. The number of nitrogens with one attached hydrogen (secondary N) is 3. The number of carboxylic acid groups (broad SMARTS) is 1. The minimum Gasteiger partial charge on any atom is -0.480 e. The van der Waals surface area contributed by atoms with Crippen LogP contribution in [0.1, 0.15) is 73.3 Å². The van der Waals surface area contributed by atoms with Crippen molar-refractivity contribution >= 4 is 35.6 Å². The standard InChI is InChI=1S/C32H54N6O7/c1-20(2)25(36-31(44)45-32(5,6)7)27(39)35-24(12-10-11-18-34-30(33)43)28(40)38(9)23-15-13-22(14-16-23)17-19-37(8)26(21(3)4)29(41)42/h13-16,20-21,24-26H,10-12,17-19H2,1-9H3,(H,35,39)(H,36,44)(H,41,42)(H3,33,34,43)/t24-,25-,26-/m0/s1. The predicted molar refractivity (Wildman–Crippen MR) is 174 cm³/mol. The smallest absolute Gasteiger partial charge is 0.408 e. The molecule has 1 aromatic carbocycles. The van der Waals surface area contributed by atoms with Crippen LogP contribution in [0, 0.1) is 11.8 Å². The number of unbranched alkanes of at least 4 members (excludes halogenated alkanes) is 1. The number of carboxylic acids is 1. The van der Waals surface area contributed by atoms with Crippen molar-refractivity contribution in [3.05, 3.63) is 29.8 Å². The van der Waals surface area contributed by atoms with E-state index in [9.17, 15) is 29.1 Å². The maximum absolute atomic E-state index is 13.7. The van der Waals surface area contributed by atoms with Gasteiger partial charge in [0.15, 0.2) is 0 Å². The molecule has 0 radical (unpaired) electrons. The van der Waals surface area contributed by atoms with Gasteiger partial charge in [-0.25, -0.2) is 9.59 Å². The topological polar surface area (TPSA) is 183 Å². The van der Waals surface area contributed by atoms with Crippen molar-refractivity contribution in [1.82, 2.24) is 20.9 Å². The monoisotopic (exact) mass is 634 g/mol. The van der Waals surface area contributed by atoms with Crippen LogP contribution in [0.5, 0.6) is 0 Å². The lowest BCUT2D eigenvalue weighted by Gasteiger charge is -2.29. The van der Waals surface area contributed by atoms with Gasteiger partial charge in [0.25, 0.3) is 0 Å². The molecule has 5 amide bonds. The fraction of sp³-hybridized carbons (Fsp3) is 0.656. The van der Waals surface area contributed by atoms with E-state index in [1.165, 1.54) is 4.90 Å². The number of ether oxygens (including phenoxy) is 1. The van der Waals surface area contributed by atoms with Gasteiger partial charge in [0.2, 0.25) is 11.8 Å². The van der Waals surface area contributed by atoms with E-state index >= 15 is 0 Å². The Labute approximate surface area is 267 Å². The molecule has 0 fully saturated rings. The van der Waals surface area contributed by atoms with E-state index in [-0.39, 0.29) is 24.2 Å². The second-order valence-electron chi connectivity index (χ2n) is 13.0. The van der Waals surface area contributed by atoms with Crippen molar-refractivity contribution in [2.45, 2.75) is 97.9 Å². The molecule has 13 nitrogen and oxygen atoms in total. The molecule has 13 heteroatoms. The summed E-state index contributed by atoms with van der Waals surface area (Å²) in [6, 6.07) is 4.33. The number of amides is 5. The predicted octanol–water partition coefficient (Wildman–Crippen LogP) is 3.11. The van der Waals surface area contributed by atoms with E-state index in [4.69, 9.17) is 10.5 Å². The Morgan fingerprint density at radius 2 is 1.53 bits per heavy atom. The Morgan fingerprint density at radius 3 is 2.02 bits per heavy atom. The van der Waals surface area contributed by atoms with Gasteiger partial charge in [-0.3, -0.25) is 19.3 Å². The third-order valence-electron chi connectivity index (χ3n) is 7.22. The van der Waals surface area contributed by atoms with Gasteiger partial charge in [-0.05, 0) is 83.0 Å². The number of hydrogen-bond donors (Lipinski definition) is 5. The molecule has 1 rings (SSSR count). The van der Waals surface area contributed by atoms with E-state index in [1.54, 1.807) is 60.8 Å². The van der Waals surface area contributed by atoms with Gasteiger partial charge in [0.1, 0.15) is 23.7 Å². The fourth-order valence-electron chi connectivity index (χ4n) is 4.85. The second kappa shape index (κ2) is 18.2. The molecule has 0 aliphatic rings. The lowest BCUT2D eigenvalue weighted by Crippen LogP contribution is -2.56. The van der Waals surface area contributed by atoms with Gasteiger partial charge in [-0.1, -0.05) is 39.8 Å². The zero-order valence-corrected chi connectivity index (χ0v) is 28.3. The van der Waals surface area contributed by atoms with E-state index in [1.807, 2.05) is 30.9 Å². The first-order valence-electron chi connectivity index (χ1n) is 15.5. The molecule has 6 N–H and O–H groups in total. The molecule has 0 unspecified atom stereocenters. The van der Waals surface area contributed by atoms with Crippen LogP contribution in [0.3, 0.4) is 0 Å². The second-order valence-corrected chi connectivity index (χ2v) is 13.0. The Balaban J connectivity index is 3.05. The summed E-state index contributed by atoms with van der Waals surface area (Å²) in [7, 11) is 3.42. The molecular formula is C32H54N6O7. The number of nitrogens with two attached hydrogens (primary N) is 1. The lowest BCUT2D eigenvalue weighted by atomic mass is 10.0. The molecule has 0 spiro atoms. The third kappa shape index (κ3) is 14.2. The van der Waals surface area contributed by atoms with Gasteiger partial charge in [-0.15, -0.1) is 0 Å². The number of rotatable bonds is 17. The molecule has 3 atom stereocenters. The number of anilines is 1. The normalized spacial score (nSPS) is 13.6. The van der Waals surface area contributed by atoms with Crippen LogP contribution in [0.2, 0.25) is 0 Å². The number of carbonyl (C=O) groups excluding carboxylic acids is 4. The highest BCUT2D eigenvalue weighted by Gasteiger charge is 2.31. The van der Waals surface area contributed by atoms with E-state index in [0.29, 0.717) is 38.0 Å². The van der Waals surface area contributed by atoms with Gasteiger partial charge < -0.3 is 36.4 Å². The Hall–Kier alpha value is -3.87. The number of aliphatic carboxylic acids is 1. The van der Waals surface area contributed by atoms with Crippen LogP contribution < -0.4 is 26.6 Å². The molecule has 0 aliphatic heterocycles. The van der Waals surface area contributed by atoms with Gasteiger partial charge in [0, 0.05) is 25.8 Å². The van der Waals surface area contributed by atoms with Crippen molar-refractivity contribution in [3.63, 3.8) is 0 Å². The molecule has 0 aromatic heterocycles. The van der Waals surface area contributed by atoms with Crippen LogP contribution in [0.4, 0.5) is 15.3 Å². The molecule has 0 aliphatic carbocycles. The zero-order chi connectivity index (χ0) is 34.5. The molecule has 0 heterocycles. The number of alkyl carbamates (subject to hydrolysis) is 1. The Morgan fingerprint density at radius 1 is 0.933 bits per heavy atom. The summed E-state index contributed by atoms with van der Waals surface area (Å²) in [6.45, 7) is 13.4. The number of benzene rings is 1. The summed E-state index contributed by atoms with van der Waals surface area (Å²) in [4.78, 5) is 65.5. The maximum atomic E-state index is 13.7. The third-order valence-corrected chi connectivity index (χ3v) is 7.22. The quantitative estimate of drug-likeness (QED) is 0.162. The SMILES string of the molecule is CC(C)[C@H](NC(=O)OC(C)(C)C)C(=O)N[C@@H](CCCCNC(N)=O)C(=O)N(C)c1ccc(CCN(C)[C@H](C(=O)O)C(C)C)cc1. The average molecular weight is 635 g/mol. The van der Waals surface area contributed by atoms with Crippen LogP contribution in [0.25, 0.3) is 0 Å². The number of hydrogen-bond acceptors (Lipinski definition) is 7. The van der Waals surface area contributed by atoms with Gasteiger partial charge in [-0.2, -0.15) is 0 Å². The molecule has 0 saturated heterocycles. The molecule has 0 bridgehead atoms. The highest BCUT2D eigenvalue weighted by atomic mass is 16.6. The lowest BCUT2D eigenvalue weighted by molar-refractivity contribution is -0.144. The van der Waals surface area contributed by atoms with Crippen LogP contribution in [-0.2, 0) is 25.5 Å². The molecule has 254 valence electrons. The first kappa shape index (κ1) is 39.2.